The van der Waals surface area contributed by atoms with E-state index in [1.54, 1.807) is 0 Å². The van der Waals surface area contributed by atoms with E-state index in [4.69, 9.17) is 4.74 Å². The summed E-state index contributed by atoms with van der Waals surface area (Å²) in [5.74, 6) is -0.269. The van der Waals surface area contributed by atoms with Gasteiger partial charge in [0.2, 0.25) is 5.91 Å². The molecule has 0 radical (unpaired) electrons. The number of rotatable bonds is 12. The third-order valence-electron chi connectivity index (χ3n) is 7.47. The Bertz CT molecular complexity index is 1480. The van der Waals surface area contributed by atoms with Gasteiger partial charge in [-0.3, -0.25) is 4.79 Å². The normalized spacial score (nSPS) is 11.0. The van der Waals surface area contributed by atoms with Crippen molar-refractivity contribution >= 4 is 35.2 Å². The van der Waals surface area contributed by atoms with E-state index in [9.17, 15) is 9.59 Å². The van der Waals surface area contributed by atoms with Crippen LogP contribution in [0.2, 0.25) is 0 Å². The molecular weight excluding hydrogens is 546 g/mol. The third-order valence-corrected chi connectivity index (χ3v) is 7.47. The standard InChI is InChI=1S/C35H35N3O3.ClH/c39-33(23-36-34(40)41-26-28-13-4-1-5-14-28)37-27-35(31-17-6-2-7-18-31,32-19-8-3-9-20-32)21-12-22-38-24-29-15-10-11-16-30(29)25-38;/h1-11,13-20,24-25H,12,21-23,26-27H2,(H,36,40)(H,37,39);1H. The highest BCUT2D eigenvalue weighted by atomic mass is 35.5. The molecule has 42 heavy (non-hydrogen) atoms. The van der Waals surface area contributed by atoms with Crippen LogP contribution in [0.1, 0.15) is 29.5 Å². The molecule has 0 unspecified atom stereocenters. The van der Waals surface area contributed by atoms with Crippen LogP contribution in [0, 0.1) is 0 Å². The van der Waals surface area contributed by atoms with Crippen molar-refractivity contribution in [3.8, 4) is 0 Å². The van der Waals surface area contributed by atoms with E-state index < -0.39 is 11.5 Å². The lowest BCUT2D eigenvalue weighted by molar-refractivity contribution is -0.120. The SMILES string of the molecule is Cl.O=C(CNC(=O)OCc1ccccc1)NCC(CCCn1cc2ccccc2c1)(c1ccccc1)c1ccccc1. The number of nitrogens with one attached hydrogen (secondary N) is 2. The number of fused-ring (bicyclic) bond motifs is 1. The number of amides is 2. The zero-order valence-corrected chi connectivity index (χ0v) is 24.3. The van der Waals surface area contributed by atoms with Gasteiger partial charge in [-0.25, -0.2) is 4.79 Å². The van der Waals surface area contributed by atoms with Gasteiger partial charge < -0.3 is 19.9 Å². The first-order chi connectivity index (χ1) is 20.1. The Morgan fingerprint density at radius 1 is 0.690 bits per heavy atom. The molecule has 0 fully saturated rings. The fourth-order valence-corrected chi connectivity index (χ4v) is 5.33. The molecule has 1 heterocycles. The van der Waals surface area contributed by atoms with Gasteiger partial charge in [0.25, 0.3) is 0 Å². The van der Waals surface area contributed by atoms with Crippen molar-refractivity contribution in [2.45, 2.75) is 31.4 Å². The van der Waals surface area contributed by atoms with Crippen molar-refractivity contribution in [3.63, 3.8) is 0 Å². The average Bonchev–Trinajstić information content (AvgIpc) is 3.45. The quantitative estimate of drug-likeness (QED) is 0.169. The third kappa shape index (κ3) is 7.80. The van der Waals surface area contributed by atoms with Crippen molar-refractivity contribution in [3.05, 3.63) is 144 Å². The van der Waals surface area contributed by atoms with Gasteiger partial charge in [-0.05, 0) is 40.3 Å². The Hall–Kier alpha value is -4.55. The number of halogens is 1. The minimum absolute atomic E-state index is 0. The van der Waals surface area contributed by atoms with Crippen molar-refractivity contribution in [1.29, 1.82) is 0 Å². The van der Waals surface area contributed by atoms with Gasteiger partial charge in [-0.2, -0.15) is 0 Å². The highest BCUT2D eigenvalue weighted by Crippen LogP contribution is 2.37. The monoisotopic (exact) mass is 581 g/mol. The highest BCUT2D eigenvalue weighted by Gasteiger charge is 2.34. The Labute approximate surface area is 253 Å². The minimum Gasteiger partial charge on any atom is -0.445 e. The lowest BCUT2D eigenvalue weighted by atomic mass is 9.71. The van der Waals surface area contributed by atoms with Crippen LogP contribution in [0.5, 0.6) is 0 Å². The summed E-state index contributed by atoms with van der Waals surface area (Å²) in [6.07, 6.45) is 5.48. The number of hydrogen-bond donors (Lipinski definition) is 2. The molecule has 0 spiro atoms. The van der Waals surface area contributed by atoms with Crippen LogP contribution in [-0.2, 0) is 28.1 Å². The highest BCUT2D eigenvalue weighted by molar-refractivity contribution is 5.85. The zero-order chi connectivity index (χ0) is 28.3. The summed E-state index contributed by atoms with van der Waals surface area (Å²) in [6.45, 7) is 1.24. The van der Waals surface area contributed by atoms with Crippen molar-refractivity contribution < 1.29 is 14.3 Å². The van der Waals surface area contributed by atoms with Crippen LogP contribution >= 0.6 is 12.4 Å². The molecule has 0 bridgehead atoms. The zero-order valence-electron chi connectivity index (χ0n) is 23.4. The predicted molar refractivity (Wildman–Crippen MR) is 170 cm³/mol. The molecule has 0 saturated carbocycles. The largest absolute Gasteiger partial charge is 0.445 e. The maximum atomic E-state index is 12.9. The van der Waals surface area contributed by atoms with Crippen LogP contribution in [0.4, 0.5) is 4.79 Å². The molecule has 7 heteroatoms. The smallest absolute Gasteiger partial charge is 0.407 e. The average molecular weight is 582 g/mol. The van der Waals surface area contributed by atoms with Crippen LogP contribution in [0.25, 0.3) is 10.8 Å². The van der Waals surface area contributed by atoms with Gasteiger partial charge >= 0.3 is 6.09 Å². The molecule has 0 aliphatic heterocycles. The molecule has 216 valence electrons. The first-order valence-electron chi connectivity index (χ1n) is 14.0. The first-order valence-corrected chi connectivity index (χ1v) is 14.0. The summed E-state index contributed by atoms with van der Waals surface area (Å²) in [6, 6.07) is 38.5. The van der Waals surface area contributed by atoms with Crippen molar-refractivity contribution in [1.82, 2.24) is 15.2 Å². The second kappa shape index (κ2) is 14.9. The maximum absolute atomic E-state index is 12.9. The number of carbonyl (C=O) groups excluding carboxylic acids is 2. The minimum atomic E-state index is -0.625. The van der Waals surface area contributed by atoms with Crippen LogP contribution in [0.15, 0.2) is 128 Å². The summed E-state index contributed by atoms with van der Waals surface area (Å²) in [4.78, 5) is 25.1. The molecule has 0 saturated heterocycles. The summed E-state index contributed by atoms with van der Waals surface area (Å²) in [5, 5.41) is 8.13. The lowest BCUT2D eigenvalue weighted by Gasteiger charge is -2.36. The van der Waals surface area contributed by atoms with Gasteiger partial charge in [0.05, 0.1) is 6.54 Å². The number of carbonyl (C=O) groups is 2. The summed E-state index contributed by atoms with van der Waals surface area (Å²) < 4.78 is 7.49. The molecule has 5 aromatic rings. The van der Waals surface area contributed by atoms with Crippen molar-refractivity contribution in [2.75, 3.05) is 13.1 Å². The van der Waals surface area contributed by atoms with E-state index in [2.05, 4.69) is 76.1 Å². The molecule has 2 amide bonds. The molecule has 5 rings (SSSR count). The Kier molecular flexibility index (Phi) is 10.8. The van der Waals surface area contributed by atoms with Crippen LogP contribution < -0.4 is 10.6 Å². The van der Waals surface area contributed by atoms with E-state index in [1.165, 1.54) is 10.8 Å². The Morgan fingerprint density at radius 3 is 1.79 bits per heavy atom. The molecule has 6 nitrogen and oxygen atoms in total. The van der Waals surface area contributed by atoms with Crippen LogP contribution in [0.3, 0.4) is 0 Å². The topological polar surface area (TPSA) is 72.4 Å². The maximum Gasteiger partial charge on any atom is 0.407 e. The van der Waals surface area contributed by atoms with E-state index in [0.29, 0.717) is 6.54 Å². The number of aryl methyl sites for hydroxylation is 1. The van der Waals surface area contributed by atoms with E-state index in [1.807, 2.05) is 66.7 Å². The van der Waals surface area contributed by atoms with Gasteiger partial charge in [0, 0.05) is 30.9 Å². The molecule has 4 aromatic carbocycles. The number of alkyl carbamates (subject to hydrolysis) is 1. The molecule has 2 N–H and O–H groups in total. The second-order valence-electron chi connectivity index (χ2n) is 10.2. The lowest BCUT2D eigenvalue weighted by Crippen LogP contribution is -2.45. The Balaban J connectivity index is 0.00000405. The summed E-state index contributed by atoms with van der Waals surface area (Å²) in [5.41, 5.74) is 2.72. The molecule has 0 aliphatic rings. The van der Waals surface area contributed by atoms with Crippen LogP contribution in [-0.4, -0.2) is 29.7 Å². The first kappa shape index (κ1) is 30.4. The number of aromatic nitrogens is 1. The Morgan fingerprint density at radius 2 is 1.21 bits per heavy atom. The number of benzene rings is 4. The second-order valence-corrected chi connectivity index (χ2v) is 10.2. The fourth-order valence-electron chi connectivity index (χ4n) is 5.33. The van der Waals surface area contributed by atoms with Crippen molar-refractivity contribution in [2.24, 2.45) is 0 Å². The predicted octanol–water partition coefficient (Wildman–Crippen LogP) is 6.87. The van der Waals surface area contributed by atoms with E-state index in [-0.39, 0.29) is 31.5 Å². The molecule has 0 atom stereocenters. The molecular formula is C35H36ClN3O3. The molecule has 1 aromatic heterocycles. The van der Waals surface area contributed by atoms with Gasteiger partial charge in [-0.15, -0.1) is 12.4 Å². The molecule has 0 aliphatic carbocycles. The van der Waals surface area contributed by atoms with E-state index >= 15 is 0 Å². The van der Waals surface area contributed by atoms with Gasteiger partial charge in [0.15, 0.2) is 0 Å². The van der Waals surface area contributed by atoms with Gasteiger partial charge in [-0.1, -0.05) is 115 Å². The van der Waals surface area contributed by atoms with E-state index in [0.717, 1.165) is 36.1 Å². The summed E-state index contributed by atoms with van der Waals surface area (Å²) >= 11 is 0. The van der Waals surface area contributed by atoms with Gasteiger partial charge in [0.1, 0.15) is 6.61 Å². The summed E-state index contributed by atoms with van der Waals surface area (Å²) in [7, 11) is 0. The number of hydrogen-bond acceptors (Lipinski definition) is 3. The number of ether oxygens (including phenoxy) is 1. The number of nitrogens with zero attached hydrogens (tertiary/aromatic N) is 1. The fraction of sp³-hybridized carbons (Fsp3) is 0.200.